The molecule has 0 aromatic heterocycles. The molecule has 0 saturated carbocycles. The lowest BCUT2D eigenvalue weighted by molar-refractivity contribution is -0.0757. The van der Waals surface area contributed by atoms with Crippen molar-refractivity contribution in [3.63, 3.8) is 0 Å². The average molecular weight is 207 g/mol. The van der Waals surface area contributed by atoms with E-state index in [1.165, 1.54) is 0 Å². The molecule has 82 valence electrons. The summed E-state index contributed by atoms with van der Waals surface area (Å²) in [6, 6.07) is 7.45. The molecule has 0 fully saturated rings. The first-order chi connectivity index (χ1) is 7.03. The van der Waals surface area contributed by atoms with Crippen molar-refractivity contribution in [3.8, 4) is 0 Å². The monoisotopic (exact) mass is 207 g/mol. The summed E-state index contributed by atoms with van der Waals surface area (Å²) in [5, 5.41) is 0. The summed E-state index contributed by atoms with van der Waals surface area (Å²) in [6.45, 7) is 6.43. The maximum atomic E-state index is 10.7. The largest absolute Gasteiger partial charge is 0.298 e. The van der Waals surface area contributed by atoms with Crippen LogP contribution in [0, 0.1) is 0 Å². The molecule has 0 spiro atoms. The highest BCUT2D eigenvalue weighted by Crippen LogP contribution is 2.08. The van der Waals surface area contributed by atoms with Crippen LogP contribution in [0.15, 0.2) is 24.3 Å². The van der Waals surface area contributed by atoms with E-state index >= 15 is 0 Å². The molecule has 0 unspecified atom stereocenters. The minimum Gasteiger partial charge on any atom is -0.298 e. The number of aldehydes is 1. The van der Waals surface area contributed by atoms with Crippen LogP contribution in [-0.2, 0) is 11.4 Å². The van der Waals surface area contributed by atoms with E-state index in [1.807, 2.05) is 39.0 Å². The van der Waals surface area contributed by atoms with Crippen LogP contribution in [0.2, 0.25) is 0 Å². The highest BCUT2D eigenvalue weighted by Gasteiger charge is 2.10. The summed E-state index contributed by atoms with van der Waals surface area (Å²) in [5.41, 5.74) is 4.27. The fourth-order valence-electron chi connectivity index (χ4n) is 1.14. The Morgan fingerprint density at radius 3 is 2.60 bits per heavy atom. The van der Waals surface area contributed by atoms with Crippen molar-refractivity contribution in [3.05, 3.63) is 35.4 Å². The second kappa shape index (κ2) is 5.05. The van der Waals surface area contributed by atoms with Crippen LogP contribution in [0.4, 0.5) is 0 Å². The van der Waals surface area contributed by atoms with Crippen LogP contribution in [-0.4, -0.2) is 11.9 Å². The molecular weight excluding hydrogens is 190 g/mol. The first-order valence-corrected chi connectivity index (χ1v) is 4.97. The number of carbonyl (C=O) groups excluding carboxylic acids is 1. The van der Waals surface area contributed by atoms with E-state index in [0.717, 1.165) is 11.8 Å². The van der Waals surface area contributed by atoms with Gasteiger partial charge in [-0.05, 0) is 26.3 Å². The van der Waals surface area contributed by atoms with Gasteiger partial charge in [0.15, 0.2) is 0 Å². The molecule has 0 heterocycles. The van der Waals surface area contributed by atoms with Gasteiger partial charge in [-0.15, -0.1) is 0 Å². The SMILES string of the molecule is CC(C)(C)ONCc1ccccc1C=O. The molecule has 3 nitrogen and oxygen atoms in total. The van der Waals surface area contributed by atoms with Crippen molar-refractivity contribution in [2.24, 2.45) is 0 Å². The Bertz CT molecular complexity index is 329. The van der Waals surface area contributed by atoms with Crippen LogP contribution in [0.5, 0.6) is 0 Å². The van der Waals surface area contributed by atoms with E-state index in [2.05, 4.69) is 5.48 Å². The minimum atomic E-state index is -0.226. The summed E-state index contributed by atoms with van der Waals surface area (Å²) in [7, 11) is 0. The molecule has 1 aromatic carbocycles. The standard InChI is InChI=1S/C12H17NO2/c1-12(2,3)15-13-8-10-6-4-5-7-11(10)9-14/h4-7,9,13H,8H2,1-3H3. The van der Waals surface area contributed by atoms with Crippen molar-refractivity contribution in [2.45, 2.75) is 32.9 Å². The molecular formula is C12H17NO2. The van der Waals surface area contributed by atoms with Gasteiger partial charge in [0, 0.05) is 12.1 Å². The van der Waals surface area contributed by atoms with Gasteiger partial charge >= 0.3 is 0 Å². The smallest absolute Gasteiger partial charge is 0.150 e. The van der Waals surface area contributed by atoms with Crippen LogP contribution in [0.3, 0.4) is 0 Å². The predicted molar refractivity (Wildman–Crippen MR) is 59.5 cm³/mol. The number of carbonyl (C=O) groups is 1. The van der Waals surface area contributed by atoms with E-state index in [9.17, 15) is 4.79 Å². The van der Waals surface area contributed by atoms with Crippen molar-refractivity contribution in [1.29, 1.82) is 0 Å². The van der Waals surface area contributed by atoms with E-state index in [-0.39, 0.29) is 5.60 Å². The lowest BCUT2D eigenvalue weighted by Gasteiger charge is -2.19. The van der Waals surface area contributed by atoms with Gasteiger partial charge in [0.25, 0.3) is 0 Å². The van der Waals surface area contributed by atoms with Gasteiger partial charge in [-0.25, -0.2) is 0 Å². The Morgan fingerprint density at radius 2 is 2.00 bits per heavy atom. The second-order valence-corrected chi connectivity index (χ2v) is 4.35. The summed E-state index contributed by atoms with van der Waals surface area (Å²) < 4.78 is 0. The summed E-state index contributed by atoms with van der Waals surface area (Å²) in [4.78, 5) is 16.1. The van der Waals surface area contributed by atoms with E-state index < -0.39 is 0 Å². The van der Waals surface area contributed by atoms with Crippen molar-refractivity contribution in [1.82, 2.24) is 5.48 Å². The van der Waals surface area contributed by atoms with Crippen LogP contribution in [0.1, 0.15) is 36.7 Å². The van der Waals surface area contributed by atoms with Crippen molar-refractivity contribution < 1.29 is 9.63 Å². The third kappa shape index (κ3) is 4.23. The molecule has 0 atom stereocenters. The topological polar surface area (TPSA) is 38.3 Å². The molecule has 0 aliphatic rings. The zero-order valence-corrected chi connectivity index (χ0v) is 9.41. The summed E-state index contributed by atoms with van der Waals surface area (Å²) in [6.07, 6.45) is 0.855. The molecule has 1 aromatic rings. The van der Waals surface area contributed by atoms with E-state index in [0.29, 0.717) is 12.1 Å². The number of hydrogen-bond acceptors (Lipinski definition) is 3. The van der Waals surface area contributed by atoms with Gasteiger partial charge in [-0.1, -0.05) is 24.3 Å². The van der Waals surface area contributed by atoms with Gasteiger partial charge in [-0.2, -0.15) is 5.48 Å². The lowest BCUT2D eigenvalue weighted by Crippen LogP contribution is -2.29. The predicted octanol–water partition coefficient (Wildman–Crippen LogP) is 2.32. The zero-order chi connectivity index (χ0) is 11.3. The van der Waals surface area contributed by atoms with Gasteiger partial charge in [-0.3, -0.25) is 9.63 Å². The average Bonchev–Trinajstić information content (AvgIpc) is 2.16. The summed E-state index contributed by atoms with van der Waals surface area (Å²) >= 11 is 0. The molecule has 15 heavy (non-hydrogen) atoms. The molecule has 0 aliphatic carbocycles. The third-order valence-electron chi connectivity index (χ3n) is 1.82. The molecule has 0 bridgehead atoms. The summed E-state index contributed by atoms with van der Waals surface area (Å²) in [5.74, 6) is 0. The third-order valence-corrected chi connectivity index (χ3v) is 1.82. The zero-order valence-electron chi connectivity index (χ0n) is 9.41. The quantitative estimate of drug-likeness (QED) is 0.608. The molecule has 1 N–H and O–H groups in total. The Morgan fingerprint density at radius 1 is 1.33 bits per heavy atom. The lowest BCUT2D eigenvalue weighted by atomic mass is 10.1. The fraction of sp³-hybridized carbons (Fsp3) is 0.417. The van der Waals surface area contributed by atoms with Gasteiger partial charge in [0.05, 0.1) is 5.60 Å². The van der Waals surface area contributed by atoms with Gasteiger partial charge < -0.3 is 0 Å². The van der Waals surface area contributed by atoms with Crippen LogP contribution < -0.4 is 5.48 Å². The Kier molecular flexibility index (Phi) is 4.00. The maximum Gasteiger partial charge on any atom is 0.150 e. The Labute approximate surface area is 90.4 Å². The van der Waals surface area contributed by atoms with Crippen molar-refractivity contribution >= 4 is 6.29 Å². The number of hydroxylamine groups is 1. The molecule has 0 aliphatic heterocycles. The molecule has 0 saturated heterocycles. The Balaban J connectivity index is 2.54. The highest BCUT2D eigenvalue weighted by molar-refractivity contribution is 5.77. The number of rotatable bonds is 4. The van der Waals surface area contributed by atoms with Crippen LogP contribution in [0.25, 0.3) is 0 Å². The molecule has 1 rings (SSSR count). The highest BCUT2D eigenvalue weighted by atomic mass is 16.7. The Hall–Kier alpha value is -1.19. The fourth-order valence-corrected chi connectivity index (χ4v) is 1.14. The number of nitrogens with one attached hydrogen (secondary N) is 1. The van der Waals surface area contributed by atoms with E-state index in [1.54, 1.807) is 6.07 Å². The minimum absolute atomic E-state index is 0.226. The van der Waals surface area contributed by atoms with Crippen LogP contribution >= 0.6 is 0 Å². The normalized spacial score (nSPS) is 11.4. The van der Waals surface area contributed by atoms with Gasteiger partial charge in [0.1, 0.15) is 6.29 Å². The second-order valence-electron chi connectivity index (χ2n) is 4.35. The maximum absolute atomic E-state index is 10.7. The first-order valence-electron chi connectivity index (χ1n) is 4.97. The van der Waals surface area contributed by atoms with Gasteiger partial charge in [0.2, 0.25) is 0 Å². The number of hydrogen-bond donors (Lipinski definition) is 1. The first kappa shape index (κ1) is 11.9. The number of benzene rings is 1. The molecule has 0 radical (unpaired) electrons. The van der Waals surface area contributed by atoms with Crippen molar-refractivity contribution in [2.75, 3.05) is 0 Å². The van der Waals surface area contributed by atoms with E-state index in [4.69, 9.17) is 4.84 Å². The molecule has 3 heteroatoms. The molecule has 0 amide bonds.